The molecule has 29 heavy (non-hydrogen) atoms. The van der Waals surface area contributed by atoms with Crippen molar-refractivity contribution in [3.63, 3.8) is 0 Å². The molecule has 0 heterocycles. The van der Waals surface area contributed by atoms with Crippen LogP contribution < -0.4 is 21.3 Å². The summed E-state index contributed by atoms with van der Waals surface area (Å²) in [5.74, 6) is -2.04. The van der Waals surface area contributed by atoms with Crippen LogP contribution >= 0.6 is 0 Å². The van der Waals surface area contributed by atoms with Crippen LogP contribution in [-0.4, -0.2) is 80.5 Å². The van der Waals surface area contributed by atoms with E-state index in [4.69, 9.17) is 0 Å². The van der Waals surface area contributed by atoms with Crippen LogP contribution in [0.2, 0.25) is 0 Å². The van der Waals surface area contributed by atoms with E-state index in [1.54, 1.807) is 14.1 Å². The molecule has 4 N–H and O–H groups in total. The topological polar surface area (TPSA) is 146 Å². The van der Waals surface area contributed by atoms with Gasteiger partial charge in [-0.15, -0.1) is 0 Å². The Morgan fingerprint density at radius 2 is 1.52 bits per heavy atom. The molecule has 0 saturated heterocycles. The zero-order chi connectivity index (χ0) is 22.6. The third kappa shape index (κ3) is 10.9. The van der Waals surface area contributed by atoms with E-state index < -0.39 is 35.9 Å². The Bertz CT molecular complexity index is 595. The summed E-state index contributed by atoms with van der Waals surface area (Å²) >= 11 is 0. The van der Waals surface area contributed by atoms with Crippen molar-refractivity contribution in [2.24, 2.45) is 0 Å². The molecule has 0 aromatic rings. The average Bonchev–Trinajstić information content (AvgIpc) is 2.64. The number of amides is 5. The predicted molar refractivity (Wildman–Crippen MR) is 106 cm³/mol. The molecule has 11 nitrogen and oxygen atoms in total. The normalized spacial score (nSPS) is 13.3. The molecule has 3 atom stereocenters. The van der Waals surface area contributed by atoms with Gasteiger partial charge in [-0.2, -0.15) is 0 Å². The van der Waals surface area contributed by atoms with E-state index in [-0.39, 0.29) is 18.4 Å². The monoisotopic (exact) mass is 415 g/mol. The second-order valence-electron chi connectivity index (χ2n) is 6.86. The summed E-state index contributed by atoms with van der Waals surface area (Å²) in [6, 6.07) is -2.82. The zero-order valence-electron chi connectivity index (χ0n) is 18.0. The van der Waals surface area contributed by atoms with Crippen LogP contribution in [0.3, 0.4) is 0 Å². The summed E-state index contributed by atoms with van der Waals surface area (Å²) in [6.45, 7) is 4.67. The first kappa shape index (κ1) is 26.1. The molecule has 166 valence electrons. The third-order valence-electron chi connectivity index (χ3n) is 3.96. The van der Waals surface area contributed by atoms with Crippen LogP contribution in [0.25, 0.3) is 0 Å². The molecule has 0 unspecified atom stereocenters. The number of rotatable bonds is 11. The molecule has 0 aromatic heterocycles. The second-order valence-corrected chi connectivity index (χ2v) is 6.86. The van der Waals surface area contributed by atoms with Crippen LogP contribution in [0.4, 0.5) is 4.79 Å². The van der Waals surface area contributed by atoms with Gasteiger partial charge in [0.2, 0.25) is 17.7 Å². The molecule has 0 aromatic carbocycles. The number of nitrogens with zero attached hydrogens (tertiary/aromatic N) is 1. The van der Waals surface area contributed by atoms with Crippen molar-refractivity contribution in [2.45, 2.75) is 58.2 Å². The number of esters is 1. The van der Waals surface area contributed by atoms with Gasteiger partial charge in [-0.05, 0) is 33.1 Å². The predicted octanol–water partition coefficient (Wildman–Crippen LogP) is -0.885. The number of hydrogen-bond donors (Lipinski definition) is 4. The van der Waals surface area contributed by atoms with E-state index in [0.717, 1.165) is 0 Å². The second kappa shape index (κ2) is 13.3. The Balaban J connectivity index is 4.84. The molecule has 0 fully saturated rings. The average molecular weight is 415 g/mol. The lowest BCUT2D eigenvalue weighted by Gasteiger charge is -2.22. The molecule has 0 saturated carbocycles. The van der Waals surface area contributed by atoms with Gasteiger partial charge in [-0.1, -0.05) is 0 Å². The summed E-state index contributed by atoms with van der Waals surface area (Å²) in [4.78, 5) is 60.3. The van der Waals surface area contributed by atoms with Crippen LogP contribution in [0, 0.1) is 0 Å². The number of methoxy groups -OCH3 is 1. The molecule has 0 aliphatic heterocycles. The smallest absolute Gasteiger partial charge is 0.328 e. The fraction of sp³-hybridized carbons (Fsp3) is 0.722. The molecule has 0 bridgehead atoms. The first-order valence-corrected chi connectivity index (χ1v) is 9.40. The quantitative estimate of drug-likeness (QED) is 0.254. The van der Waals surface area contributed by atoms with Gasteiger partial charge in [0.1, 0.15) is 18.1 Å². The van der Waals surface area contributed by atoms with Gasteiger partial charge >= 0.3 is 12.0 Å². The Morgan fingerprint density at radius 1 is 0.897 bits per heavy atom. The maximum Gasteiger partial charge on any atom is 0.328 e. The van der Waals surface area contributed by atoms with E-state index in [1.807, 2.05) is 0 Å². The number of unbranched alkanes of at least 4 members (excludes halogenated alkanes) is 1. The molecule has 5 amide bonds. The number of carbonyl (C=O) groups excluding carboxylic acids is 5. The van der Waals surface area contributed by atoms with E-state index in [1.165, 1.54) is 32.8 Å². The van der Waals surface area contributed by atoms with Gasteiger partial charge < -0.3 is 30.9 Å². The minimum atomic E-state index is -0.907. The number of carbonyl (C=O) groups is 5. The van der Waals surface area contributed by atoms with Crippen molar-refractivity contribution in [1.29, 1.82) is 0 Å². The van der Waals surface area contributed by atoms with Gasteiger partial charge in [0, 0.05) is 27.6 Å². The van der Waals surface area contributed by atoms with Crippen molar-refractivity contribution in [1.82, 2.24) is 26.2 Å². The molecule has 0 rings (SSSR count). The first-order chi connectivity index (χ1) is 13.5. The molecular formula is C18H33N5O6. The number of urea groups is 1. The fourth-order valence-corrected chi connectivity index (χ4v) is 2.31. The van der Waals surface area contributed by atoms with Gasteiger partial charge in [-0.3, -0.25) is 14.4 Å². The van der Waals surface area contributed by atoms with Crippen molar-refractivity contribution in [2.75, 3.05) is 27.7 Å². The SMILES string of the molecule is COC(=O)[C@H](C)NC(=O)[C@H](CCCCNC(=O)N(C)C)NC(=O)[C@H](C)NC(C)=O. The van der Waals surface area contributed by atoms with Crippen LogP contribution in [0.15, 0.2) is 0 Å². The molecule has 0 aliphatic carbocycles. The zero-order valence-corrected chi connectivity index (χ0v) is 18.0. The van der Waals surface area contributed by atoms with Gasteiger partial charge in [0.25, 0.3) is 0 Å². The summed E-state index contributed by atoms with van der Waals surface area (Å²) in [7, 11) is 4.47. The minimum absolute atomic E-state index is 0.219. The van der Waals surface area contributed by atoms with Crippen LogP contribution in [0.5, 0.6) is 0 Å². The highest BCUT2D eigenvalue weighted by atomic mass is 16.5. The van der Waals surface area contributed by atoms with E-state index >= 15 is 0 Å². The highest BCUT2D eigenvalue weighted by molar-refractivity contribution is 5.93. The fourth-order valence-electron chi connectivity index (χ4n) is 2.31. The van der Waals surface area contributed by atoms with Crippen molar-refractivity contribution in [3.8, 4) is 0 Å². The standard InChI is InChI=1S/C18H33N5O6/c1-11(20-13(3)24)15(25)22-14(16(26)21-12(2)17(27)29-6)9-7-8-10-19-18(28)23(4)5/h11-12,14H,7-10H2,1-6H3,(H,19,28)(H,20,24)(H,21,26)(H,22,25)/t11-,12-,14-/m0/s1. The Morgan fingerprint density at radius 3 is 2.03 bits per heavy atom. The number of ether oxygens (including phenoxy) is 1. The maximum absolute atomic E-state index is 12.5. The summed E-state index contributed by atoms with van der Waals surface area (Å²) in [6.07, 6.45) is 1.41. The molecular weight excluding hydrogens is 382 g/mol. The molecule has 0 spiro atoms. The highest BCUT2D eigenvalue weighted by Gasteiger charge is 2.26. The van der Waals surface area contributed by atoms with Gasteiger partial charge in [0.15, 0.2) is 0 Å². The minimum Gasteiger partial charge on any atom is -0.467 e. The van der Waals surface area contributed by atoms with E-state index in [9.17, 15) is 24.0 Å². The first-order valence-electron chi connectivity index (χ1n) is 9.40. The Hall–Kier alpha value is -2.85. The van der Waals surface area contributed by atoms with E-state index in [0.29, 0.717) is 19.4 Å². The van der Waals surface area contributed by atoms with Crippen LogP contribution in [-0.2, 0) is 23.9 Å². The summed E-state index contributed by atoms with van der Waals surface area (Å²) < 4.78 is 4.58. The lowest BCUT2D eigenvalue weighted by molar-refractivity contribution is -0.144. The van der Waals surface area contributed by atoms with Crippen LogP contribution in [0.1, 0.15) is 40.0 Å². The van der Waals surface area contributed by atoms with E-state index in [2.05, 4.69) is 26.0 Å². The van der Waals surface area contributed by atoms with Gasteiger partial charge in [0.05, 0.1) is 7.11 Å². The number of nitrogens with one attached hydrogen (secondary N) is 4. The van der Waals surface area contributed by atoms with Gasteiger partial charge in [-0.25, -0.2) is 9.59 Å². The van der Waals surface area contributed by atoms with Crippen molar-refractivity contribution < 1.29 is 28.7 Å². The lowest BCUT2D eigenvalue weighted by atomic mass is 10.1. The summed E-state index contributed by atoms with van der Waals surface area (Å²) in [5, 5.41) is 10.2. The third-order valence-corrected chi connectivity index (χ3v) is 3.96. The highest BCUT2D eigenvalue weighted by Crippen LogP contribution is 2.03. The Labute approximate surface area is 171 Å². The lowest BCUT2D eigenvalue weighted by Crippen LogP contribution is -2.54. The molecule has 0 radical (unpaired) electrons. The Kier molecular flexibility index (Phi) is 12.0. The maximum atomic E-state index is 12.5. The summed E-state index contributed by atoms with van der Waals surface area (Å²) in [5.41, 5.74) is 0. The molecule has 11 heteroatoms. The largest absolute Gasteiger partial charge is 0.467 e. The number of hydrogen-bond acceptors (Lipinski definition) is 6. The van der Waals surface area contributed by atoms with Crippen molar-refractivity contribution in [3.05, 3.63) is 0 Å². The molecule has 0 aliphatic rings. The van der Waals surface area contributed by atoms with Crippen molar-refractivity contribution >= 4 is 29.7 Å².